The van der Waals surface area contributed by atoms with E-state index in [1.807, 2.05) is 0 Å². The SMILES string of the molecule is CC(N)(CC1CCCC1)C1CC1. The molecule has 0 aliphatic heterocycles. The molecule has 1 atom stereocenters. The van der Waals surface area contributed by atoms with E-state index in [4.69, 9.17) is 5.73 Å². The molecule has 0 radical (unpaired) electrons. The molecule has 1 unspecified atom stereocenters. The summed E-state index contributed by atoms with van der Waals surface area (Å²) in [5.41, 5.74) is 6.48. The summed E-state index contributed by atoms with van der Waals surface area (Å²) >= 11 is 0. The van der Waals surface area contributed by atoms with E-state index in [1.54, 1.807) is 0 Å². The Bertz CT molecular complexity index is 152. The van der Waals surface area contributed by atoms with Gasteiger partial charge in [0.25, 0.3) is 0 Å². The zero-order valence-electron chi connectivity index (χ0n) is 8.18. The summed E-state index contributed by atoms with van der Waals surface area (Å²) in [6, 6.07) is 0. The van der Waals surface area contributed by atoms with E-state index in [0.717, 1.165) is 11.8 Å². The van der Waals surface area contributed by atoms with Gasteiger partial charge in [0.1, 0.15) is 0 Å². The number of rotatable bonds is 3. The van der Waals surface area contributed by atoms with Crippen LogP contribution in [0.3, 0.4) is 0 Å². The molecule has 1 heteroatoms. The molecule has 2 rings (SSSR count). The molecule has 2 N–H and O–H groups in total. The molecule has 0 aromatic heterocycles. The van der Waals surface area contributed by atoms with E-state index in [0.29, 0.717) is 0 Å². The lowest BCUT2D eigenvalue weighted by Crippen LogP contribution is -2.40. The van der Waals surface area contributed by atoms with Gasteiger partial charge in [-0.1, -0.05) is 25.7 Å². The molecule has 0 amide bonds. The van der Waals surface area contributed by atoms with Gasteiger partial charge in [-0.25, -0.2) is 0 Å². The van der Waals surface area contributed by atoms with E-state index in [9.17, 15) is 0 Å². The fourth-order valence-electron chi connectivity index (χ4n) is 2.75. The van der Waals surface area contributed by atoms with Crippen LogP contribution >= 0.6 is 0 Å². The van der Waals surface area contributed by atoms with Gasteiger partial charge in [-0.3, -0.25) is 0 Å². The van der Waals surface area contributed by atoms with Crippen LogP contribution in [-0.2, 0) is 0 Å². The van der Waals surface area contributed by atoms with Gasteiger partial charge >= 0.3 is 0 Å². The Morgan fingerprint density at radius 2 is 1.75 bits per heavy atom. The molecule has 12 heavy (non-hydrogen) atoms. The lowest BCUT2D eigenvalue weighted by Gasteiger charge is -2.27. The van der Waals surface area contributed by atoms with Crippen molar-refractivity contribution in [2.75, 3.05) is 0 Å². The topological polar surface area (TPSA) is 26.0 Å². The lowest BCUT2D eigenvalue weighted by atomic mass is 9.85. The standard InChI is InChI=1S/C11H21N/c1-11(12,10-6-7-10)8-9-4-2-3-5-9/h9-10H,2-8,12H2,1H3. The first-order chi connectivity index (χ1) is 5.68. The Kier molecular flexibility index (Phi) is 2.16. The molecular weight excluding hydrogens is 146 g/mol. The maximum Gasteiger partial charge on any atom is 0.0156 e. The fraction of sp³-hybridized carbons (Fsp3) is 1.00. The Morgan fingerprint density at radius 3 is 2.25 bits per heavy atom. The van der Waals surface area contributed by atoms with E-state index in [-0.39, 0.29) is 5.54 Å². The molecule has 0 aromatic rings. The molecule has 0 bridgehead atoms. The van der Waals surface area contributed by atoms with Gasteiger partial charge in [0, 0.05) is 5.54 Å². The molecule has 2 aliphatic carbocycles. The maximum atomic E-state index is 6.30. The van der Waals surface area contributed by atoms with Crippen LogP contribution in [0.15, 0.2) is 0 Å². The zero-order chi connectivity index (χ0) is 8.60. The third-order valence-corrected chi connectivity index (χ3v) is 3.71. The molecule has 0 heterocycles. The summed E-state index contributed by atoms with van der Waals surface area (Å²) < 4.78 is 0. The third kappa shape index (κ3) is 1.82. The van der Waals surface area contributed by atoms with E-state index < -0.39 is 0 Å². The molecule has 2 fully saturated rings. The highest BCUT2D eigenvalue weighted by molar-refractivity contribution is 4.96. The van der Waals surface area contributed by atoms with Crippen molar-refractivity contribution < 1.29 is 0 Å². The third-order valence-electron chi connectivity index (χ3n) is 3.71. The minimum Gasteiger partial charge on any atom is -0.325 e. The van der Waals surface area contributed by atoms with Crippen LogP contribution in [0.1, 0.15) is 51.9 Å². The Labute approximate surface area is 75.7 Å². The first kappa shape index (κ1) is 8.55. The second-order valence-electron chi connectivity index (χ2n) is 5.13. The molecule has 0 saturated heterocycles. The Hall–Kier alpha value is -0.0400. The van der Waals surface area contributed by atoms with Crippen LogP contribution < -0.4 is 5.73 Å². The highest BCUT2D eigenvalue weighted by atomic mass is 14.8. The predicted octanol–water partition coefficient (Wildman–Crippen LogP) is 2.69. The highest BCUT2D eigenvalue weighted by Crippen LogP contribution is 2.43. The number of hydrogen-bond acceptors (Lipinski definition) is 1. The van der Waals surface area contributed by atoms with Gasteiger partial charge in [-0.2, -0.15) is 0 Å². The van der Waals surface area contributed by atoms with Gasteiger partial charge in [-0.15, -0.1) is 0 Å². The van der Waals surface area contributed by atoms with Crippen molar-refractivity contribution in [1.29, 1.82) is 0 Å². The highest BCUT2D eigenvalue weighted by Gasteiger charge is 2.39. The summed E-state index contributed by atoms with van der Waals surface area (Å²) in [4.78, 5) is 0. The zero-order valence-corrected chi connectivity index (χ0v) is 8.18. The van der Waals surface area contributed by atoms with Crippen molar-refractivity contribution in [2.24, 2.45) is 17.6 Å². The summed E-state index contributed by atoms with van der Waals surface area (Å²) in [6.45, 7) is 2.27. The largest absolute Gasteiger partial charge is 0.325 e. The molecule has 2 aliphatic rings. The summed E-state index contributed by atoms with van der Waals surface area (Å²) in [5.74, 6) is 1.82. The second kappa shape index (κ2) is 3.02. The summed E-state index contributed by atoms with van der Waals surface area (Å²) in [7, 11) is 0. The van der Waals surface area contributed by atoms with Gasteiger partial charge < -0.3 is 5.73 Å². The monoisotopic (exact) mass is 167 g/mol. The molecule has 70 valence electrons. The summed E-state index contributed by atoms with van der Waals surface area (Å²) in [5, 5.41) is 0. The molecule has 0 spiro atoms. The second-order valence-corrected chi connectivity index (χ2v) is 5.13. The van der Waals surface area contributed by atoms with Crippen LogP contribution in [0.2, 0.25) is 0 Å². The number of hydrogen-bond donors (Lipinski definition) is 1. The van der Waals surface area contributed by atoms with Crippen LogP contribution in [-0.4, -0.2) is 5.54 Å². The van der Waals surface area contributed by atoms with Crippen molar-refractivity contribution in [3.63, 3.8) is 0 Å². The molecular formula is C11H21N. The van der Waals surface area contributed by atoms with E-state index >= 15 is 0 Å². The normalized spacial score (nSPS) is 30.5. The quantitative estimate of drug-likeness (QED) is 0.687. The van der Waals surface area contributed by atoms with Crippen LogP contribution in [0, 0.1) is 11.8 Å². The minimum atomic E-state index is 0.176. The summed E-state index contributed by atoms with van der Waals surface area (Å²) in [6.07, 6.45) is 9.85. The van der Waals surface area contributed by atoms with Crippen LogP contribution in [0.5, 0.6) is 0 Å². The van der Waals surface area contributed by atoms with Crippen molar-refractivity contribution >= 4 is 0 Å². The van der Waals surface area contributed by atoms with Gasteiger partial charge in [-0.05, 0) is 38.0 Å². The Morgan fingerprint density at radius 1 is 1.17 bits per heavy atom. The first-order valence-corrected chi connectivity index (χ1v) is 5.47. The van der Waals surface area contributed by atoms with Crippen molar-refractivity contribution in [1.82, 2.24) is 0 Å². The minimum absolute atomic E-state index is 0.176. The molecule has 2 saturated carbocycles. The maximum absolute atomic E-state index is 6.30. The Balaban J connectivity index is 1.83. The number of nitrogens with two attached hydrogens (primary N) is 1. The smallest absolute Gasteiger partial charge is 0.0156 e. The van der Waals surface area contributed by atoms with E-state index in [2.05, 4.69) is 6.92 Å². The van der Waals surface area contributed by atoms with Crippen LogP contribution in [0.25, 0.3) is 0 Å². The average Bonchev–Trinajstić information content (AvgIpc) is 2.74. The van der Waals surface area contributed by atoms with Gasteiger partial charge in [0.15, 0.2) is 0 Å². The van der Waals surface area contributed by atoms with Gasteiger partial charge in [0.05, 0.1) is 0 Å². The fourth-order valence-corrected chi connectivity index (χ4v) is 2.75. The van der Waals surface area contributed by atoms with Crippen molar-refractivity contribution in [2.45, 2.75) is 57.4 Å². The van der Waals surface area contributed by atoms with Gasteiger partial charge in [0.2, 0.25) is 0 Å². The van der Waals surface area contributed by atoms with Crippen molar-refractivity contribution in [3.8, 4) is 0 Å². The average molecular weight is 167 g/mol. The molecule has 0 aromatic carbocycles. The first-order valence-electron chi connectivity index (χ1n) is 5.47. The lowest BCUT2D eigenvalue weighted by molar-refractivity contribution is 0.307. The predicted molar refractivity (Wildman–Crippen MR) is 51.9 cm³/mol. The van der Waals surface area contributed by atoms with E-state index in [1.165, 1.54) is 44.9 Å². The van der Waals surface area contributed by atoms with Crippen molar-refractivity contribution in [3.05, 3.63) is 0 Å². The van der Waals surface area contributed by atoms with Crippen LogP contribution in [0.4, 0.5) is 0 Å². The molecule has 1 nitrogen and oxygen atoms in total.